The predicted octanol–water partition coefficient (Wildman–Crippen LogP) is 1.85. The Balaban J connectivity index is 1.35. The van der Waals surface area contributed by atoms with Gasteiger partial charge in [0.2, 0.25) is 5.91 Å². The van der Waals surface area contributed by atoms with Gasteiger partial charge in [-0.25, -0.2) is 0 Å². The smallest absolute Gasteiger partial charge is 0.236 e. The average Bonchev–Trinajstić information content (AvgIpc) is 2.66. The molecule has 6 nitrogen and oxygen atoms in total. The summed E-state index contributed by atoms with van der Waals surface area (Å²) in [5.41, 5.74) is 0. The number of carbonyl (C=O) groups excluding carboxylic acids is 1. The van der Waals surface area contributed by atoms with Crippen LogP contribution in [0.15, 0.2) is 18.2 Å². The first-order chi connectivity index (χ1) is 12.6. The summed E-state index contributed by atoms with van der Waals surface area (Å²) in [6, 6.07) is 5.34. The van der Waals surface area contributed by atoms with E-state index in [1.165, 1.54) is 0 Å². The van der Waals surface area contributed by atoms with Gasteiger partial charge in [-0.3, -0.25) is 14.6 Å². The lowest BCUT2D eigenvalue weighted by Gasteiger charge is -2.35. The standard InChI is InChI=1S/C18H25Cl2N3O3/c19-15-2-1-3-16(20)18(15)26-13-8-21-4-6-22(7-5-21)14-17(24)23-9-11-25-12-10-23/h1-3H,4-14H2. The van der Waals surface area contributed by atoms with Crippen LogP contribution in [-0.4, -0.2) is 92.8 Å². The summed E-state index contributed by atoms with van der Waals surface area (Å²) >= 11 is 12.2. The minimum atomic E-state index is 0.207. The molecule has 3 rings (SSSR count). The van der Waals surface area contributed by atoms with Crippen LogP contribution >= 0.6 is 23.2 Å². The second kappa shape index (κ2) is 9.76. The van der Waals surface area contributed by atoms with Crippen molar-refractivity contribution in [2.45, 2.75) is 0 Å². The molecule has 0 aromatic heterocycles. The Morgan fingerprint density at radius 1 is 1.00 bits per heavy atom. The van der Waals surface area contributed by atoms with E-state index < -0.39 is 0 Å². The van der Waals surface area contributed by atoms with Crippen LogP contribution in [0.4, 0.5) is 0 Å². The lowest BCUT2D eigenvalue weighted by molar-refractivity contribution is -0.136. The molecule has 1 amide bonds. The van der Waals surface area contributed by atoms with E-state index in [1.54, 1.807) is 18.2 Å². The van der Waals surface area contributed by atoms with Crippen LogP contribution < -0.4 is 4.74 Å². The maximum atomic E-state index is 12.3. The highest BCUT2D eigenvalue weighted by atomic mass is 35.5. The number of hydrogen-bond acceptors (Lipinski definition) is 5. The average molecular weight is 402 g/mol. The molecule has 144 valence electrons. The molecular formula is C18H25Cl2N3O3. The van der Waals surface area contributed by atoms with Gasteiger partial charge in [0.15, 0.2) is 5.75 Å². The highest BCUT2D eigenvalue weighted by Crippen LogP contribution is 2.32. The number of ether oxygens (including phenoxy) is 2. The van der Waals surface area contributed by atoms with E-state index in [0.717, 1.165) is 32.7 Å². The molecule has 0 N–H and O–H groups in total. The Morgan fingerprint density at radius 2 is 1.62 bits per heavy atom. The molecule has 2 saturated heterocycles. The molecule has 1 aromatic carbocycles. The zero-order valence-corrected chi connectivity index (χ0v) is 16.3. The number of piperazine rings is 1. The van der Waals surface area contributed by atoms with Crippen LogP contribution in [0, 0.1) is 0 Å². The van der Waals surface area contributed by atoms with Crippen molar-refractivity contribution >= 4 is 29.1 Å². The van der Waals surface area contributed by atoms with Crippen LogP contribution in [-0.2, 0) is 9.53 Å². The monoisotopic (exact) mass is 401 g/mol. The Morgan fingerprint density at radius 3 is 2.27 bits per heavy atom. The SMILES string of the molecule is O=C(CN1CCN(CCOc2c(Cl)cccc2Cl)CC1)N1CCOCC1. The van der Waals surface area contributed by atoms with Crippen LogP contribution in [0.25, 0.3) is 0 Å². The number of morpholine rings is 1. The summed E-state index contributed by atoms with van der Waals surface area (Å²) in [4.78, 5) is 18.8. The van der Waals surface area contributed by atoms with Gasteiger partial charge in [0.1, 0.15) is 6.61 Å². The van der Waals surface area contributed by atoms with Crippen molar-refractivity contribution in [3.8, 4) is 5.75 Å². The van der Waals surface area contributed by atoms with E-state index in [0.29, 0.717) is 55.2 Å². The second-order valence-electron chi connectivity index (χ2n) is 6.51. The number of para-hydroxylation sites is 1. The van der Waals surface area contributed by atoms with E-state index in [4.69, 9.17) is 32.7 Å². The van der Waals surface area contributed by atoms with E-state index in [9.17, 15) is 4.79 Å². The number of carbonyl (C=O) groups is 1. The fraction of sp³-hybridized carbons (Fsp3) is 0.611. The molecule has 8 heteroatoms. The van der Waals surface area contributed by atoms with Crippen molar-refractivity contribution in [3.05, 3.63) is 28.2 Å². The molecule has 0 spiro atoms. The van der Waals surface area contributed by atoms with Crippen LogP contribution in [0.5, 0.6) is 5.75 Å². The van der Waals surface area contributed by atoms with Crippen molar-refractivity contribution in [3.63, 3.8) is 0 Å². The van der Waals surface area contributed by atoms with E-state index in [2.05, 4.69) is 9.80 Å². The van der Waals surface area contributed by atoms with Gasteiger partial charge in [0.05, 0.1) is 29.8 Å². The predicted molar refractivity (Wildman–Crippen MR) is 102 cm³/mol. The van der Waals surface area contributed by atoms with Crippen LogP contribution in [0.2, 0.25) is 10.0 Å². The lowest BCUT2D eigenvalue weighted by Crippen LogP contribution is -2.52. The van der Waals surface area contributed by atoms with Crippen LogP contribution in [0.1, 0.15) is 0 Å². The third kappa shape index (κ3) is 5.47. The highest BCUT2D eigenvalue weighted by Gasteiger charge is 2.23. The van der Waals surface area contributed by atoms with E-state index >= 15 is 0 Å². The molecule has 2 aliphatic heterocycles. The summed E-state index contributed by atoms with van der Waals surface area (Å²) in [7, 11) is 0. The Hall–Kier alpha value is -1.05. The number of amides is 1. The molecule has 2 fully saturated rings. The number of hydrogen-bond donors (Lipinski definition) is 0. The third-order valence-corrected chi connectivity index (χ3v) is 5.36. The first kappa shape index (κ1) is 19.7. The minimum Gasteiger partial charge on any atom is -0.489 e. The number of nitrogens with zero attached hydrogens (tertiary/aromatic N) is 3. The van der Waals surface area contributed by atoms with Crippen LogP contribution in [0.3, 0.4) is 0 Å². The molecule has 0 atom stereocenters. The molecule has 0 saturated carbocycles. The summed E-state index contributed by atoms with van der Waals surface area (Å²) in [5.74, 6) is 0.754. The van der Waals surface area contributed by atoms with Gasteiger partial charge in [-0.1, -0.05) is 29.3 Å². The van der Waals surface area contributed by atoms with Gasteiger partial charge in [-0.2, -0.15) is 0 Å². The van der Waals surface area contributed by atoms with Gasteiger partial charge in [0.25, 0.3) is 0 Å². The minimum absolute atomic E-state index is 0.207. The third-order valence-electron chi connectivity index (χ3n) is 4.76. The first-order valence-corrected chi connectivity index (χ1v) is 9.76. The van der Waals surface area contributed by atoms with Crippen molar-refractivity contribution in [1.29, 1.82) is 0 Å². The summed E-state index contributed by atoms with van der Waals surface area (Å²) in [6.07, 6.45) is 0. The molecule has 2 aliphatic rings. The maximum Gasteiger partial charge on any atom is 0.236 e. The zero-order valence-electron chi connectivity index (χ0n) is 14.8. The molecule has 0 bridgehead atoms. The second-order valence-corrected chi connectivity index (χ2v) is 7.32. The molecule has 0 radical (unpaired) electrons. The molecule has 2 heterocycles. The van der Waals surface area contributed by atoms with Gasteiger partial charge < -0.3 is 14.4 Å². The van der Waals surface area contributed by atoms with Gasteiger partial charge in [0, 0.05) is 45.8 Å². The molecule has 0 unspecified atom stereocenters. The summed E-state index contributed by atoms with van der Waals surface area (Å²) in [5, 5.41) is 1.06. The van der Waals surface area contributed by atoms with Crippen molar-refractivity contribution in [1.82, 2.24) is 14.7 Å². The Labute approximate surface area is 164 Å². The van der Waals surface area contributed by atoms with Gasteiger partial charge in [-0.05, 0) is 12.1 Å². The number of benzene rings is 1. The zero-order chi connectivity index (χ0) is 18.4. The molecule has 0 aliphatic carbocycles. The lowest BCUT2D eigenvalue weighted by atomic mass is 10.3. The van der Waals surface area contributed by atoms with Crippen molar-refractivity contribution < 1.29 is 14.3 Å². The topological polar surface area (TPSA) is 45.2 Å². The van der Waals surface area contributed by atoms with Crippen molar-refractivity contribution in [2.24, 2.45) is 0 Å². The Kier molecular flexibility index (Phi) is 7.40. The number of halogens is 2. The van der Waals surface area contributed by atoms with E-state index in [1.807, 2.05) is 4.90 Å². The van der Waals surface area contributed by atoms with E-state index in [-0.39, 0.29) is 5.91 Å². The summed E-state index contributed by atoms with van der Waals surface area (Å²) < 4.78 is 11.0. The van der Waals surface area contributed by atoms with Crippen molar-refractivity contribution in [2.75, 3.05) is 72.2 Å². The fourth-order valence-corrected chi connectivity index (χ4v) is 3.68. The van der Waals surface area contributed by atoms with Gasteiger partial charge >= 0.3 is 0 Å². The molecular weight excluding hydrogens is 377 g/mol. The largest absolute Gasteiger partial charge is 0.489 e. The Bertz CT molecular complexity index is 583. The highest BCUT2D eigenvalue weighted by molar-refractivity contribution is 6.37. The number of rotatable bonds is 6. The summed E-state index contributed by atoms with van der Waals surface area (Å²) in [6.45, 7) is 8.20. The quantitative estimate of drug-likeness (QED) is 0.727. The molecule has 26 heavy (non-hydrogen) atoms. The fourth-order valence-electron chi connectivity index (χ4n) is 3.17. The van der Waals surface area contributed by atoms with Gasteiger partial charge in [-0.15, -0.1) is 0 Å². The maximum absolute atomic E-state index is 12.3. The first-order valence-electron chi connectivity index (χ1n) is 9.00. The normalized spacial score (nSPS) is 19.5. The molecule has 1 aromatic rings.